The van der Waals surface area contributed by atoms with Gasteiger partial charge in [-0.05, 0) is 128 Å². The van der Waals surface area contributed by atoms with Crippen LogP contribution in [-0.4, -0.2) is 48.5 Å². The van der Waals surface area contributed by atoms with Crippen molar-refractivity contribution in [3.05, 3.63) is 117 Å². The van der Waals surface area contributed by atoms with E-state index in [-0.39, 0.29) is 23.1 Å². The van der Waals surface area contributed by atoms with Crippen molar-refractivity contribution in [2.45, 2.75) is 57.9 Å². The first-order valence-electron chi connectivity index (χ1n) is 17.5. The Kier molecular flexibility index (Phi) is 8.70. The minimum Gasteiger partial charge on any atom is -0.381 e. The molecule has 2 aromatic heterocycles. The van der Waals surface area contributed by atoms with Crippen molar-refractivity contribution in [3.63, 3.8) is 0 Å². The maximum absolute atomic E-state index is 14.0. The van der Waals surface area contributed by atoms with Crippen molar-refractivity contribution in [3.8, 4) is 0 Å². The lowest BCUT2D eigenvalue weighted by atomic mass is 9.77. The number of nitrogens with zero attached hydrogens (tertiary/aromatic N) is 2. The molecule has 8 nitrogen and oxygen atoms in total. The molecular weight excluding hydrogens is 645 g/mol. The van der Waals surface area contributed by atoms with Gasteiger partial charge in [0.05, 0.1) is 22.5 Å². The minimum atomic E-state index is -0.217. The van der Waals surface area contributed by atoms with Gasteiger partial charge in [0.25, 0.3) is 17.7 Å². The number of anilines is 2. The van der Waals surface area contributed by atoms with Gasteiger partial charge in [0.2, 0.25) is 0 Å². The fraction of sp³-hybridized carbons (Fsp3) is 0.317. The number of carbonyl (C=O) groups is 3. The molecule has 1 saturated carbocycles. The Labute approximate surface area is 296 Å². The zero-order chi connectivity index (χ0) is 34.2. The molecule has 2 N–H and O–H groups in total. The fourth-order valence-corrected chi connectivity index (χ4v) is 8.23. The zero-order valence-electron chi connectivity index (χ0n) is 28.2. The fourth-order valence-electron chi connectivity index (χ4n) is 7.30. The van der Waals surface area contributed by atoms with Crippen LogP contribution >= 0.6 is 11.3 Å². The number of aryl methyl sites for hydroxylation is 1. The van der Waals surface area contributed by atoms with Crippen LogP contribution in [0.15, 0.2) is 78.3 Å². The van der Waals surface area contributed by atoms with E-state index in [0.29, 0.717) is 41.4 Å². The van der Waals surface area contributed by atoms with E-state index in [1.807, 2.05) is 59.8 Å². The van der Waals surface area contributed by atoms with Crippen molar-refractivity contribution >= 4 is 57.7 Å². The molecule has 0 unspecified atom stereocenters. The summed E-state index contributed by atoms with van der Waals surface area (Å²) in [7, 11) is 0. The third-order valence-electron chi connectivity index (χ3n) is 10.4. The summed E-state index contributed by atoms with van der Waals surface area (Å²) in [6.45, 7) is 4.01. The molecule has 0 atom stereocenters. The third kappa shape index (κ3) is 6.67. The van der Waals surface area contributed by atoms with Crippen LogP contribution in [0.3, 0.4) is 0 Å². The molecule has 0 radical (unpaired) electrons. The van der Waals surface area contributed by atoms with E-state index in [1.165, 1.54) is 0 Å². The lowest BCUT2D eigenvalue weighted by Crippen LogP contribution is -2.32. The highest BCUT2D eigenvalue weighted by molar-refractivity contribution is 7.11. The van der Waals surface area contributed by atoms with Gasteiger partial charge in [0.1, 0.15) is 0 Å². The van der Waals surface area contributed by atoms with E-state index < -0.39 is 0 Å². The number of para-hydroxylation sites is 1. The Balaban J connectivity index is 0.965. The molecule has 2 aromatic carbocycles. The van der Waals surface area contributed by atoms with Gasteiger partial charge in [-0.15, -0.1) is 11.3 Å². The van der Waals surface area contributed by atoms with E-state index in [1.54, 1.807) is 35.6 Å². The number of benzene rings is 2. The zero-order valence-corrected chi connectivity index (χ0v) is 29.0. The van der Waals surface area contributed by atoms with Gasteiger partial charge in [-0.25, -0.2) is 0 Å². The van der Waals surface area contributed by atoms with Gasteiger partial charge in [-0.1, -0.05) is 24.3 Å². The molecule has 3 amide bonds. The maximum Gasteiger partial charge on any atom is 0.258 e. The maximum atomic E-state index is 14.0. The molecule has 0 bridgehead atoms. The summed E-state index contributed by atoms with van der Waals surface area (Å²) in [5, 5.41) is 8.03. The number of carbonyl (C=O) groups excluding carboxylic acids is 3. The highest BCUT2D eigenvalue weighted by atomic mass is 32.1. The standard InChI is InChI=1S/C41H40N4O4S/c1-26-20-34(37(42-24-26)30-12-14-41(23-30)15-18-49-19-16-41)39(47)44-32-8-6-27(7-9-32)40(48)45-17-13-29(21-28-4-2-3-5-35(28)45)36-22-31(25-50-36)38(46)43-33-10-11-33/h2-9,12,20-22,24-25,33H,10-11,13-19,23H2,1H3,(H,43,46)(H,44,47). The van der Waals surface area contributed by atoms with Gasteiger partial charge in [0.15, 0.2) is 0 Å². The van der Waals surface area contributed by atoms with Crippen LogP contribution in [0.4, 0.5) is 11.4 Å². The van der Waals surface area contributed by atoms with Crippen molar-refractivity contribution in [2.24, 2.45) is 5.41 Å². The van der Waals surface area contributed by atoms with E-state index in [0.717, 1.165) is 90.3 Å². The van der Waals surface area contributed by atoms with E-state index >= 15 is 0 Å². The SMILES string of the molecule is Cc1cnc(C2=CCC3(CCOCC3)C2)c(C(=O)Nc2ccc(C(=O)N3CCC(c4cc(C(=O)NC5CC5)cs4)=Cc4ccccc43)cc2)c1. The average Bonchev–Trinajstić information content (AvgIpc) is 3.71. The van der Waals surface area contributed by atoms with Crippen molar-refractivity contribution in [1.82, 2.24) is 10.3 Å². The van der Waals surface area contributed by atoms with Crippen LogP contribution in [0.25, 0.3) is 17.2 Å². The molecule has 4 aromatic rings. The van der Waals surface area contributed by atoms with Crippen molar-refractivity contribution < 1.29 is 19.1 Å². The number of ether oxygens (including phenoxy) is 1. The van der Waals surface area contributed by atoms with E-state index in [4.69, 9.17) is 9.72 Å². The summed E-state index contributed by atoms with van der Waals surface area (Å²) in [4.78, 5) is 47.9. The summed E-state index contributed by atoms with van der Waals surface area (Å²) in [5.74, 6) is -0.348. The molecule has 2 aliphatic heterocycles. The number of pyridine rings is 1. The Morgan fingerprint density at radius 1 is 0.960 bits per heavy atom. The number of fused-ring (bicyclic) bond motifs is 1. The normalized spacial score (nSPS) is 18.1. The van der Waals surface area contributed by atoms with Crippen LogP contribution in [0, 0.1) is 12.3 Å². The van der Waals surface area contributed by atoms with Crippen LogP contribution < -0.4 is 15.5 Å². The minimum absolute atomic E-state index is 0.0215. The highest BCUT2D eigenvalue weighted by Gasteiger charge is 2.37. The predicted octanol–water partition coefficient (Wildman–Crippen LogP) is 8.16. The van der Waals surface area contributed by atoms with E-state index in [9.17, 15) is 14.4 Å². The summed E-state index contributed by atoms with van der Waals surface area (Å²) in [6.07, 6.45) is 12.9. The number of aromatic nitrogens is 1. The second-order valence-corrected chi connectivity index (χ2v) is 15.0. The number of hydrogen-bond acceptors (Lipinski definition) is 6. The van der Waals surface area contributed by atoms with Crippen LogP contribution in [0.5, 0.6) is 0 Å². The molecule has 2 aliphatic carbocycles. The first-order chi connectivity index (χ1) is 24.3. The largest absolute Gasteiger partial charge is 0.381 e. The number of rotatable bonds is 7. The first-order valence-corrected chi connectivity index (χ1v) is 18.4. The van der Waals surface area contributed by atoms with Crippen molar-refractivity contribution in [1.29, 1.82) is 0 Å². The van der Waals surface area contributed by atoms with Crippen LogP contribution in [-0.2, 0) is 4.74 Å². The summed E-state index contributed by atoms with van der Waals surface area (Å²) < 4.78 is 5.62. The van der Waals surface area contributed by atoms with Gasteiger partial charge >= 0.3 is 0 Å². The highest BCUT2D eigenvalue weighted by Crippen LogP contribution is 2.48. The number of amides is 3. The molecule has 1 saturated heterocycles. The lowest BCUT2D eigenvalue weighted by molar-refractivity contribution is 0.0217. The molecular formula is C41H40N4O4S. The molecule has 1 spiro atoms. The molecule has 254 valence electrons. The van der Waals surface area contributed by atoms with Crippen LogP contribution in [0.2, 0.25) is 0 Å². The number of nitrogens with one attached hydrogen (secondary N) is 2. The topological polar surface area (TPSA) is 101 Å². The summed E-state index contributed by atoms with van der Waals surface area (Å²) in [6, 6.07) is 19.2. The Bertz CT molecular complexity index is 2040. The van der Waals surface area contributed by atoms with Crippen molar-refractivity contribution in [2.75, 3.05) is 30.0 Å². The van der Waals surface area contributed by atoms with Gasteiger partial charge in [0, 0.05) is 53.5 Å². The van der Waals surface area contributed by atoms with Gasteiger partial charge in [-0.3, -0.25) is 19.4 Å². The Morgan fingerprint density at radius 3 is 2.56 bits per heavy atom. The third-order valence-corrected chi connectivity index (χ3v) is 11.4. The molecule has 8 rings (SSSR count). The quantitative estimate of drug-likeness (QED) is 0.205. The average molecular weight is 685 g/mol. The predicted molar refractivity (Wildman–Crippen MR) is 198 cm³/mol. The summed E-state index contributed by atoms with van der Waals surface area (Å²) >= 11 is 1.56. The second kappa shape index (κ2) is 13.5. The Hall–Kier alpha value is -4.86. The second-order valence-electron chi connectivity index (χ2n) is 14.0. The molecule has 50 heavy (non-hydrogen) atoms. The van der Waals surface area contributed by atoms with Gasteiger partial charge in [-0.2, -0.15) is 0 Å². The number of hydrogen-bond donors (Lipinski definition) is 2. The lowest BCUT2D eigenvalue weighted by Gasteiger charge is -2.33. The van der Waals surface area contributed by atoms with Gasteiger partial charge < -0.3 is 20.3 Å². The Morgan fingerprint density at radius 2 is 1.76 bits per heavy atom. The molecule has 4 heterocycles. The molecule has 4 aliphatic rings. The van der Waals surface area contributed by atoms with Crippen LogP contribution in [0.1, 0.15) is 97.7 Å². The molecule has 9 heteroatoms. The van der Waals surface area contributed by atoms with E-state index in [2.05, 4.69) is 22.8 Å². The first kappa shape index (κ1) is 32.4. The molecule has 2 fully saturated rings. The number of thiophene rings is 1. The summed E-state index contributed by atoms with van der Waals surface area (Å²) in [5.41, 5.74) is 8.30. The number of allylic oxidation sites excluding steroid dienone is 2. The monoisotopic (exact) mass is 684 g/mol. The smallest absolute Gasteiger partial charge is 0.258 e.